The third kappa shape index (κ3) is 8.59. The minimum atomic E-state index is -1.11. The summed E-state index contributed by atoms with van der Waals surface area (Å²) in [4.78, 5) is 23.4. The Morgan fingerprint density at radius 1 is 1.27 bits per heavy atom. The Kier molecular flexibility index (Phi) is 9.94. The summed E-state index contributed by atoms with van der Waals surface area (Å²) >= 11 is 7.71. The number of carboxylic acids is 1. The van der Waals surface area contributed by atoms with Crippen LogP contribution in [0.15, 0.2) is 12.1 Å². The number of hydrogen-bond acceptors (Lipinski definition) is 4. The van der Waals surface area contributed by atoms with Crippen molar-refractivity contribution in [2.75, 3.05) is 11.9 Å². The van der Waals surface area contributed by atoms with E-state index in [0.717, 1.165) is 30.2 Å². The summed E-state index contributed by atoms with van der Waals surface area (Å²) in [5, 5.41) is 12.7. The molecule has 1 aromatic rings. The molecule has 0 fully saturated rings. The standard InChI is InChI=1S/C17H22BrI2NO5/c1-17(2,3)26-16(24)21-13(15(22)23)9-10-7-11(19)14(12(20)8-10)25-6-4-5-18/h7-8,13H,4-6,9H2,1-3H3,(H,21,24)(H,22,23)/t13-/m0/s1. The van der Waals surface area contributed by atoms with Gasteiger partial charge >= 0.3 is 12.1 Å². The van der Waals surface area contributed by atoms with Crippen LogP contribution in [-0.2, 0) is 16.0 Å². The van der Waals surface area contributed by atoms with Crippen molar-refractivity contribution in [3.8, 4) is 5.75 Å². The molecule has 6 nitrogen and oxygen atoms in total. The summed E-state index contributed by atoms with van der Waals surface area (Å²) in [5.74, 6) is -0.318. The van der Waals surface area contributed by atoms with Gasteiger partial charge in [-0.15, -0.1) is 0 Å². The van der Waals surface area contributed by atoms with Crippen LogP contribution in [0.1, 0.15) is 32.8 Å². The van der Waals surface area contributed by atoms with Crippen LogP contribution in [0, 0.1) is 7.14 Å². The molecule has 0 bridgehead atoms. The Morgan fingerprint density at radius 2 is 1.85 bits per heavy atom. The highest BCUT2D eigenvalue weighted by molar-refractivity contribution is 14.1. The molecule has 1 amide bonds. The maximum atomic E-state index is 11.9. The first-order valence-electron chi connectivity index (χ1n) is 7.92. The van der Waals surface area contributed by atoms with Crippen molar-refractivity contribution in [2.24, 2.45) is 0 Å². The topological polar surface area (TPSA) is 84.9 Å². The zero-order chi connectivity index (χ0) is 19.9. The first kappa shape index (κ1) is 23.7. The van der Waals surface area contributed by atoms with E-state index < -0.39 is 23.7 Å². The average molecular weight is 654 g/mol. The summed E-state index contributed by atoms with van der Waals surface area (Å²) in [7, 11) is 0. The zero-order valence-electron chi connectivity index (χ0n) is 14.8. The molecule has 0 unspecified atom stereocenters. The Bertz CT molecular complexity index is 626. The smallest absolute Gasteiger partial charge is 0.408 e. The van der Waals surface area contributed by atoms with Crippen molar-refractivity contribution >= 4 is 73.2 Å². The van der Waals surface area contributed by atoms with Crippen LogP contribution in [-0.4, -0.2) is 40.7 Å². The molecular weight excluding hydrogens is 632 g/mol. The van der Waals surface area contributed by atoms with Crippen LogP contribution in [0.2, 0.25) is 0 Å². The third-order valence-corrected chi connectivity index (χ3v) is 5.17. The van der Waals surface area contributed by atoms with Crippen LogP contribution in [0.4, 0.5) is 4.79 Å². The number of benzene rings is 1. The fourth-order valence-electron chi connectivity index (χ4n) is 1.98. The second kappa shape index (κ2) is 10.9. The van der Waals surface area contributed by atoms with Crippen LogP contribution in [0.5, 0.6) is 5.75 Å². The van der Waals surface area contributed by atoms with E-state index in [-0.39, 0.29) is 6.42 Å². The first-order chi connectivity index (χ1) is 12.0. The number of rotatable bonds is 8. The van der Waals surface area contributed by atoms with Crippen molar-refractivity contribution in [3.05, 3.63) is 24.8 Å². The zero-order valence-corrected chi connectivity index (χ0v) is 20.7. The normalized spacial score (nSPS) is 12.4. The van der Waals surface area contributed by atoms with Crippen LogP contribution < -0.4 is 10.1 Å². The van der Waals surface area contributed by atoms with E-state index in [1.807, 2.05) is 12.1 Å². The molecule has 1 rings (SSSR count). The highest BCUT2D eigenvalue weighted by Crippen LogP contribution is 2.29. The number of carboxylic acid groups (broad SMARTS) is 1. The van der Waals surface area contributed by atoms with Gasteiger partial charge in [-0.25, -0.2) is 9.59 Å². The summed E-state index contributed by atoms with van der Waals surface area (Å²) in [6, 6.07) is 2.68. The Morgan fingerprint density at radius 3 is 2.31 bits per heavy atom. The van der Waals surface area contributed by atoms with Gasteiger partial charge in [0.2, 0.25) is 0 Å². The van der Waals surface area contributed by atoms with Gasteiger partial charge in [-0.1, -0.05) is 15.9 Å². The lowest BCUT2D eigenvalue weighted by Gasteiger charge is -2.22. The van der Waals surface area contributed by atoms with Gasteiger partial charge in [-0.3, -0.25) is 0 Å². The van der Waals surface area contributed by atoms with Gasteiger partial charge in [0.15, 0.2) is 0 Å². The number of nitrogens with one attached hydrogen (secondary N) is 1. The maximum absolute atomic E-state index is 11.9. The molecule has 0 saturated heterocycles. The molecule has 2 N–H and O–H groups in total. The van der Waals surface area contributed by atoms with Crippen LogP contribution in [0.25, 0.3) is 0 Å². The molecule has 0 heterocycles. The Balaban J connectivity index is 2.86. The molecular formula is C17H22BrI2NO5. The van der Waals surface area contributed by atoms with Crippen molar-refractivity contribution in [1.29, 1.82) is 0 Å². The van der Waals surface area contributed by atoms with E-state index in [4.69, 9.17) is 9.47 Å². The molecule has 0 aliphatic heterocycles. The molecule has 0 aliphatic carbocycles. The fourth-order valence-corrected chi connectivity index (χ4v) is 4.42. The van der Waals surface area contributed by atoms with E-state index >= 15 is 0 Å². The largest absolute Gasteiger partial charge is 0.491 e. The lowest BCUT2D eigenvalue weighted by atomic mass is 10.1. The van der Waals surface area contributed by atoms with Crippen LogP contribution in [0.3, 0.4) is 0 Å². The lowest BCUT2D eigenvalue weighted by molar-refractivity contribution is -0.139. The number of amides is 1. The molecule has 26 heavy (non-hydrogen) atoms. The second-order valence-electron chi connectivity index (χ2n) is 6.52. The predicted octanol–water partition coefficient (Wildman–Crippen LogP) is 4.58. The predicted molar refractivity (Wildman–Crippen MR) is 120 cm³/mol. The summed E-state index contributed by atoms with van der Waals surface area (Å²) < 4.78 is 12.7. The molecule has 0 aromatic heterocycles. The number of alkyl carbamates (subject to hydrolysis) is 1. The highest BCUT2D eigenvalue weighted by atomic mass is 127. The molecule has 146 valence electrons. The average Bonchev–Trinajstić information content (AvgIpc) is 2.47. The van der Waals surface area contributed by atoms with E-state index in [0.29, 0.717) is 6.61 Å². The summed E-state index contributed by atoms with van der Waals surface area (Å²) in [5.41, 5.74) is 0.113. The van der Waals surface area contributed by atoms with Crippen molar-refractivity contribution < 1.29 is 24.2 Å². The van der Waals surface area contributed by atoms with Crippen molar-refractivity contribution in [3.63, 3.8) is 0 Å². The number of carbonyl (C=O) groups is 2. The monoisotopic (exact) mass is 653 g/mol. The molecule has 0 radical (unpaired) electrons. The summed E-state index contributed by atoms with van der Waals surface area (Å²) in [6.07, 6.45) is 0.306. The van der Waals surface area contributed by atoms with Gasteiger partial charge in [0.05, 0.1) is 13.7 Å². The summed E-state index contributed by atoms with van der Waals surface area (Å²) in [6.45, 7) is 5.78. The number of carbonyl (C=O) groups excluding carboxylic acids is 1. The van der Waals surface area contributed by atoms with Gasteiger partial charge in [0.1, 0.15) is 17.4 Å². The fraction of sp³-hybridized carbons (Fsp3) is 0.529. The quantitative estimate of drug-likeness (QED) is 0.244. The SMILES string of the molecule is CC(C)(C)OC(=O)N[C@@H](Cc1cc(I)c(OCCCBr)c(I)c1)C(=O)O. The van der Waals surface area contributed by atoms with E-state index in [1.165, 1.54) is 0 Å². The molecule has 1 atom stereocenters. The van der Waals surface area contributed by atoms with E-state index in [2.05, 4.69) is 66.4 Å². The number of halogens is 3. The number of aliphatic carboxylic acids is 1. The van der Waals surface area contributed by atoms with Crippen molar-refractivity contribution in [1.82, 2.24) is 5.32 Å². The minimum Gasteiger partial charge on any atom is -0.491 e. The van der Waals surface area contributed by atoms with Gasteiger partial charge < -0.3 is 19.9 Å². The molecule has 9 heteroatoms. The maximum Gasteiger partial charge on any atom is 0.408 e. The lowest BCUT2D eigenvalue weighted by Crippen LogP contribution is -2.44. The second-order valence-corrected chi connectivity index (χ2v) is 9.64. The van der Waals surface area contributed by atoms with Gasteiger partial charge in [0, 0.05) is 11.8 Å². The molecule has 0 spiro atoms. The van der Waals surface area contributed by atoms with Crippen LogP contribution >= 0.6 is 61.1 Å². The molecule has 0 saturated carbocycles. The number of hydrogen-bond donors (Lipinski definition) is 2. The van der Waals surface area contributed by atoms with E-state index in [1.54, 1.807) is 20.8 Å². The third-order valence-electron chi connectivity index (χ3n) is 3.01. The first-order valence-corrected chi connectivity index (χ1v) is 11.2. The van der Waals surface area contributed by atoms with Gasteiger partial charge in [-0.05, 0) is 90.1 Å². The Hall–Kier alpha value is -0.300. The minimum absolute atomic E-state index is 0.155. The van der Waals surface area contributed by atoms with Gasteiger partial charge in [-0.2, -0.15) is 0 Å². The highest BCUT2D eigenvalue weighted by Gasteiger charge is 2.25. The number of ether oxygens (including phenoxy) is 2. The van der Waals surface area contributed by atoms with E-state index in [9.17, 15) is 14.7 Å². The van der Waals surface area contributed by atoms with Crippen molar-refractivity contribution in [2.45, 2.75) is 45.3 Å². The van der Waals surface area contributed by atoms with Gasteiger partial charge in [0.25, 0.3) is 0 Å². The molecule has 1 aromatic carbocycles. The number of alkyl halides is 1. The molecule has 0 aliphatic rings. The Labute approximate surface area is 189 Å².